The largest absolute Gasteiger partial charge is 0.494 e. The van der Waals surface area contributed by atoms with E-state index in [1.807, 2.05) is 43.3 Å². The fourth-order valence-corrected chi connectivity index (χ4v) is 3.79. The van der Waals surface area contributed by atoms with Crippen molar-refractivity contribution in [3.63, 3.8) is 0 Å². The Balaban J connectivity index is 1.48. The third kappa shape index (κ3) is 7.06. The summed E-state index contributed by atoms with van der Waals surface area (Å²) in [5.74, 6) is 2.00. The number of hydrogen-bond donors (Lipinski definition) is 1. The lowest BCUT2D eigenvalue weighted by atomic mass is 9.87. The van der Waals surface area contributed by atoms with Crippen LogP contribution in [0.1, 0.15) is 55.8 Å². The fraction of sp³-hybridized carbons (Fsp3) is 0.480. The van der Waals surface area contributed by atoms with E-state index in [1.165, 1.54) is 32.1 Å². The van der Waals surface area contributed by atoms with E-state index in [0.29, 0.717) is 31.1 Å². The zero-order valence-electron chi connectivity index (χ0n) is 17.9. The van der Waals surface area contributed by atoms with Gasteiger partial charge in [0.25, 0.3) is 5.91 Å². The Kier molecular flexibility index (Phi) is 9.04. The Morgan fingerprint density at radius 3 is 2.47 bits per heavy atom. The van der Waals surface area contributed by atoms with E-state index >= 15 is 0 Å². The van der Waals surface area contributed by atoms with Gasteiger partial charge in [0.1, 0.15) is 18.1 Å². The first-order chi connectivity index (χ1) is 14.8. The Morgan fingerprint density at radius 2 is 1.70 bits per heavy atom. The summed E-state index contributed by atoms with van der Waals surface area (Å²) in [5.41, 5.74) is 1.23. The summed E-state index contributed by atoms with van der Waals surface area (Å²) in [6.45, 7) is 4.24. The van der Waals surface area contributed by atoms with Crippen LogP contribution < -0.4 is 14.8 Å². The molecule has 1 aliphatic carbocycles. The van der Waals surface area contributed by atoms with Crippen LogP contribution in [0.2, 0.25) is 0 Å². The van der Waals surface area contributed by atoms with Crippen molar-refractivity contribution in [2.75, 3.05) is 31.7 Å². The average molecular weight is 412 g/mol. The van der Waals surface area contributed by atoms with E-state index in [4.69, 9.17) is 14.2 Å². The van der Waals surface area contributed by atoms with Gasteiger partial charge in [-0.05, 0) is 55.7 Å². The lowest BCUT2D eigenvalue weighted by Crippen LogP contribution is -2.15. The number of para-hydroxylation sites is 1. The highest BCUT2D eigenvalue weighted by atomic mass is 16.5. The van der Waals surface area contributed by atoms with Crippen LogP contribution in [-0.4, -0.2) is 32.3 Å². The second-order valence-electron chi connectivity index (χ2n) is 7.66. The minimum Gasteiger partial charge on any atom is -0.494 e. The molecule has 2 aromatic carbocycles. The van der Waals surface area contributed by atoms with Crippen LogP contribution in [-0.2, 0) is 4.74 Å². The number of amides is 1. The molecule has 5 heteroatoms. The van der Waals surface area contributed by atoms with Crippen molar-refractivity contribution in [3.05, 3.63) is 54.1 Å². The molecule has 5 nitrogen and oxygen atoms in total. The number of hydrogen-bond acceptors (Lipinski definition) is 4. The normalized spacial score (nSPS) is 14.3. The van der Waals surface area contributed by atoms with Gasteiger partial charge in [0, 0.05) is 12.3 Å². The zero-order valence-corrected chi connectivity index (χ0v) is 17.9. The van der Waals surface area contributed by atoms with Crippen LogP contribution >= 0.6 is 0 Å². The number of benzene rings is 2. The molecule has 0 unspecified atom stereocenters. The Bertz CT molecular complexity index is 769. The first kappa shape index (κ1) is 22.2. The predicted octanol–water partition coefficient (Wildman–Crippen LogP) is 5.70. The third-order valence-electron chi connectivity index (χ3n) is 5.45. The lowest BCUT2D eigenvalue weighted by Gasteiger charge is -2.21. The van der Waals surface area contributed by atoms with Crippen molar-refractivity contribution in [3.8, 4) is 11.5 Å². The molecule has 0 atom stereocenters. The molecule has 1 fully saturated rings. The van der Waals surface area contributed by atoms with Crippen molar-refractivity contribution < 1.29 is 19.0 Å². The van der Waals surface area contributed by atoms with Crippen molar-refractivity contribution in [1.29, 1.82) is 0 Å². The molecule has 1 N–H and O–H groups in total. The number of anilines is 1. The highest BCUT2D eigenvalue weighted by molar-refractivity contribution is 6.06. The number of ether oxygens (including phenoxy) is 3. The second-order valence-corrected chi connectivity index (χ2v) is 7.66. The van der Waals surface area contributed by atoms with E-state index in [9.17, 15) is 4.79 Å². The molecule has 0 spiro atoms. The van der Waals surface area contributed by atoms with Gasteiger partial charge in [0.2, 0.25) is 0 Å². The summed E-state index contributed by atoms with van der Waals surface area (Å²) < 4.78 is 16.9. The topological polar surface area (TPSA) is 56.8 Å². The molecule has 0 heterocycles. The molecular weight excluding hydrogens is 378 g/mol. The van der Waals surface area contributed by atoms with E-state index < -0.39 is 0 Å². The predicted molar refractivity (Wildman–Crippen MR) is 120 cm³/mol. The summed E-state index contributed by atoms with van der Waals surface area (Å²) in [6, 6.07) is 14.8. The number of rotatable bonds is 11. The molecule has 0 saturated heterocycles. The van der Waals surface area contributed by atoms with Gasteiger partial charge in [-0.15, -0.1) is 0 Å². The minimum absolute atomic E-state index is 0.201. The van der Waals surface area contributed by atoms with Gasteiger partial charge in [-0.25, -0.2) is 0 Å². The number of nitrogens with one attached hydrogen (secondary N) is 1. The summed E-state index contributed by atoms with van der Waals surface area (Å²) in [7, 11) is 0. The highest BCUT2D eigenvalue weighted by Gasteiger charge is 2.14. The SMILES string of the molecule is CCOCCOc1ccccc1C(=O)Nc1ccc(OCCC2CCCCC2)cc1. The fourth-order valence-electron chi connectivity index (χ4n) is 3.79. The molecule has 30 heavy (non-hydrogen) atoms. The molecule has 0 radical (unpaired) electrons. The smallest absolute Gasteiger partial charge is 0.259 e. The van der Waals surface area contributed by atoms with Crippen molar-refractivity contribution >= 4 is 11.6 Å². The van der Waals surface area contributed by atoms with Crippen LogP contribution in [0, 0.1) is 5.92 Å². The summed E-state index contributed by atoms with van der Waals surface area (Å²) in [6.07, 6.45) is 7.91. The minimum atomic E-state index is -0.201. The van der Waals surface area contributed by atoms with E-state index in [0.717, 1.165) is 30.4 Å². The molecule has 0 aliphatic heterocycles. The summed E-state index contributed by atoms with van der Waals surface area (Å²) in [5, 5.41) is 2.93. The van der Waals surface area contributed by atoms with Crippen LogP contribution in [0.4, 0.5) is 5.69 Å². The maximum atomic E-state index is 12.7. The van der Waals surface area contributed by atoms with Gasteiger partial charge in [-0.1, -0.05) is 44.2 Å². The molecule has 1 aliphatic rings. The first-order valence-electron chi connectivity index (χ1n) is 11.1. The molecule has 0 bridgehead atoms. The first-order valence-corrected chi connectivity index (χ1v) is 11.1. The van der Waals surface area contributed by atoms with E-state index in [-0.39, 0.29) is 5.91 Å². The third-order valence-corrected chi connectivity index (χ3v) is 5.45. The van der Waals surface area contributed by atoms with E-state index in [1.54, 1.807) is 12.1 Å². The Hall–Kier alpha value is -2.53. The van der Waals surface area contributed by atoms with Gasteiger partial charge >= 0.3 is 0 Å². The second kappa shape index (κ2) is 12.2. The molecule has 0 aromatic heterocycles. The van der Waals surface area contributed by atoms with Crippen LogP contribution in [0.25, 0.3) is 0 Å². The summed E-state index contributed by atoms with van der Waals surface area (Å²) in [4.78, 5) is 12.7. The standard InChI is InChI=1S/C25H33NO4/c1-2-28-18-19-30-24-11-7-6-10-23(24)25(27)26-21-12-14-22(15-13-21)29-17-16-20-8-4-3-5-9-20/h6-7,10-15,20H,2-5,8-9,16-19H2,1H3,(H,26,27). The van der Waals surface area contributed by atoms with Crippen LogP contribution in [0.15, 0.2) is 48.5 Å². The zero-order chi connectivity index (χ0) is 21.0. The molecule has 1 amide bonds. The van der Waals surface area contributed by atoms with Gasteiger partial charge in [0.15, 0.2) is 0 Å². The molecule has 2 aromatic rings. The van der Waals surface area contributed by atoms with Gasteiger partial charge < -0.3 is 19.5 Å². The van der Waals surface area contributed by atoms with Crippen LogP contribution in [0.3, 0.4) is 0 Å². The average Bonchev–Trinajstić information content (AvgIpc) is 2.79. The van der Waals surface area contributed by atoms with Crippen molar-refractivity contribution in [1.82, 2.24) is 0 Å². The quantitative estimate of drug-likeness (QED) is 0.482. The van der Waals surface area contributed by atoms with Gasteiger partial charge in [-0.3, -0.25) is 4.79 Å². The van der Waals surface area contributed by atoms with Gasteiger partial charge in [0.05, 0.1) is 18.8 Å². The maximum Gasteiger partial charge on any atom is 0.259 e. The highest BCUT2D eigenvalue weighted by Crippen LogP contribution is 2.27. The molecule has 3 rings (SSSR count). The number of carbonyl (C=O) groups is 1. The lowest BCUT2D eigenvalue weighted by molar-refractivity contribution is 0.0998. The maximum absolute atomic E-state index is 12.7. The van der Waals surface area contributed by atoms with Gasteiger partial charge in [-0.2, -0.15) is 0 Å². The Morgan fingerprint density at radius 1 is 0.933 bits per heavy atom. The monoisotopic (exact) mass is 411 g/mol. The van der Waals surface area contributed by atoms with Crippen molar-refractivity contribution in [2.24, 2.45) is 5.92 Å². The Labute approximate surface area is 179 Å². The molecular formula is C25H33NO4. The van der Waals surface area contributed by atoms with Crippen molar-refractivity contribution in [2.45, 2.75) is 45.4 Å². The molecule has 1 saturated carbocycles. The van der Waals surface area contributed by atoms with E-state index in [2.05, 4.69) is 5.32 Å². The summed E-state index contributed by atoms with van der Waals surface area (Å²) >= 11 is 0. The molecule has 162 valence electrons. The number of carbonyl (C=O) groups excluding carboxylic acids is 1. The van der Waals surface area contributed by atoms with Crippen LogP contribution in [0.5, 0.6) is 11.5 Å².